The molecular weight excluding hydrogens is 230 g/mol. The molecule has 1 amide bonds. The summed E-state index contributed by atoms with van der Waals surface area (Å²) in [6.07, 6.45) is 6.25. The van der Waals surface area contributed by atoms with E-state index in [1.165, 1.54) is 19.3 Å². The fourth-order valence-electron chi connectivity index (χ4n) is 3.03. The first-order chi connectivity index (χ1) is 8.65. The maximum atomic E-state index is 12.1. The van der Waals surface area contributed by atoms with Crippen molar-refractivity contribution in [3.8, 4) is 0 Å². The third kappa shape index (κ3) is 3.23. The lowest BCUT2D eigenvalue weighted by atomic mass is 9.83. The van der Waals surface area contributed by atoms with Crippen LogP contribution in [0.1, 0.15) is 51.9 Å². The van der Waals surface area contributed by atoms with Crippen LogP contribution in [0.15, 0.2) is 0 Å². The number of aliphatic hydroxyl groups excluding tert-OH is 1. The van der Waals surface area contributed by atoms with Crippen LogP contribution in [0.25, 0.3) is 0 Å². The quantitative estimate of drug-likeness (QED) is 0.835. The van der Waals surface area contributed by atoms with Crippen molar-refractivity contribution in [3.63, 3.8) is 0 Å². The Morgan fingerprint density at radius 2 is 2.11 bits per heavy atom. The van der Waals surface area contributed by atoms with Crippen molar-refractivity contribution in [2.24, 2.45) is 0 Å². The highest BCUT2D eigenvalue weighted by molar-refractivity contribution is 5.76. The minimum Gasteiger partial charge on any atom is -0.393 e. The molecule has 0 aromatic rings. The Labute approximate surface area is 109 Å². The first-order valence-electron chi connectivity index (χ1n) is 7.25. The number of ether oxygens (including phenoxy) is 1. The molecule has 1 saturated heterocycles. The van der Waals surface area contributed by atoms with Gasteiger partial charge in [-0.3, -0.25) is 4.79 Å². The zero-order chi connectivity index (χ0) is 13.0. The zero-order valence-electron chi connectivity index (χ0n) is 11.4. The lowest BCUT2D eigenvalue weighted by molar-refractivity contribution is -0.157. The molecule has 0 bridgehead atoms. The van der Waals surface area contributed by atoms with E-state index < -0.39 is 6.10 Å². The van der Waals surface area contributed by atoms with E-state index in [0.717, 1.165) is 19.4 Å². The van der Waals surface area contributed by atoms with Crippen LogP contribution in [0.4, 0.5) is 0 Å². The van der Waals surface area contributed by atoms with E-state index in [2.05, 4.69) is 0 Å². The van der Waals surface area contributed by atoms with Crippen molar-refractivity contribution in [1.29, 1.82) is 0 Å². The van der Waals surface area contributed by atoms with Crippen LogP contribution < -0.4 is 0 Å². The summed E-state index contributed by atoms with van der Waals surface area (Å²) in [6, 6.07) is 0. The Morgan fingerprint density at radius 3 is 2.78 bits per heavy atom. The second-order valence-electron chi connectivity index (χ2n) is 5.67. The predicted octanol–water partition coefficient (Wildman–Crippen LogP) is 1.71. The van der Waals surface area contributed by atoms with Gasteiger partial charge in [-0.15, -0.1) is 0 Å². The molecule has 4 heteroatoms. The van der Waals surface area contributed by atoms with Crippen molar-refractivity contribution in [1.82, 2.24) is 4.90 Å². The van der Waals surface area contributed by atoms with Gasteiger partial charge in [0.25, 0.3) is 0 Å². The van der Waals surface area contributed by atoms with Gasteiger partial charge in [0, 0.05) is 13.1 Å². The van der Waals surface area contributed by atoms with Gasteiger partial charge in [-0.1, -0.05) is 26.2 Å². The molecule has 0 aromatic carbocycles. The van der Waals surface area contributed by atoms with Crippen molar-refractivity contribution in [3.05, 3.63) is 0 Å². The van der Waals surface area contributed by atoms with Crippen molar-refractivity contribution in [2.45, 2.75) is 63.6 Å². The smallest absolute Gasteiger partial charge is 0.225 e. The van der Waals surface area contributed by atoms with E-state index in [-0.39, 0.29) is 17.9 Å². The molecule has 2 aliphatic rings. The van der Waals surface area contributed by atoms with E-state index in [9.17, 15) is 9.90 Å². The maximum absolute atomic E-state index is 12.1. The Kier molecular flexibility index (Phi) is 4.62. The summed E-state index contributed by atoms with van der Waals surface area (Å²) in [7, 11) is 0. The summed E-state index contributed by atoms with van der Waals surface area (Å²) in [5.74, 6) is 0.0811. The molecule has 1 unspecified atom stereocenters. The van der Waals surface area contributed by atoms with E-state index >= 15 is 0 Å². The fourth-order valence-corrected chi connectivity index (χ4v) is 3.03. The molecule has 1 N–H and O–H groups in total. The number of hydrogen-bond acceptors (Lipinski definition) is 3. The molecule has 1 atom stereocenters. The van der Waals surface area contributed by atoms with Gasteiger partial charge >= 0.3 is 0 Å². The molecule has 2 fully saturated rings. The van der Waals surface area contributed by atoms with Gasteiger partial charge in [-0.25, -0.2) is 0 Å². The molecule has 1 heterocycles. The topological polar surface area (TPSA) is 49.8 Å². The molecule has 1 aliphatic carbocycles. The second kappa shape index (κ2) is 6.02. The van der Waals surface area contributed by atoms with Crippen molar-refractivity contribution >= 4 is 5.91 Å². The first-order valence-corrected chi connectivity index (χ1v) is 7.25. The molecule has 0 aromatic heterocycles. The highest BCUT2D eigenvalue weighted by Crippen LogP contribution is 2.34. The Morgan fingerprint density at radius 1 is 1.39 bits per heavy atom. The first kappa shape index (κ1) is 13.8. The SMILES string of the molecule is CCC(O)CC(=O)N1CCOC2(CCCCC2)C1. The van der Waals surface area contributed by atoms with Gasteiger partial charge in [0.15, 0.2) is 0 Å². The Balaban J connectivity index is 1.91. The van der Waals surface area contributed by atoms with Crippen LogP contribution in [0, 0.1) is 0 Å². The highest BCUT2D eigenvalue weighted by atomic mass is 16.5. The molecule has 18 heavy (non-hydrogen) atoms. The molecule has 4 nitrogen and oxygen atoms in total. The summed E-state index contributed by atoms with van der Waals surface area (Å²) < 4.78 is 5.96. The van der Waals surface area contributed by atoms with Crippen LogP contribution in [0.2, 0.25) is 0 Å². The van der Waals surface area contributed by atoms with Gasteiger partial charge in [0.1, 0.15) is 0 Å². The molecule has 0 radical (unpaired) electrons. The summed E-state index contributed by atoms with van der Waals surface area (Å²) in [5, 5.41) is 9.58. The van der Waals surface area contributed by atoms with Gasteiger partial charge < -0.3 is 14.7 Å². The minimum absolute atomic E-state index is 0.0800. The third-order valence-corrected chi connectivity index (χ3v) is 4.25. The number of aliphatic hydroxyl groups is 1. The monoisotopic (exact) mass is 255 g/mol. The number of carbonyl (C=O) groups is 1. The molecule has 1 spiro atoms. The molecule has 1 saturated carbocycles. The highest BCUT2D eigenvalue weighted by Gasteiger charge is 2.39. The minimum atomic E-state index is -0.498. The van der Waals surface area contributed by atoms with E-state index in [0.29, 0.717) is 19.6 Å². The Bertz CT molecular complexity index is 281. The summed E-state index contributed by atoms with van der Waals surface area (Å²) in [6.45, 7) is 3.95. The number of nitrogens with zero attached hydrogens (tertiary/aromatic N) is 1. The number of amides is 1. The predicted molar refractivity (Wildman–Crippen MR) is 69.3 cm³/mol. The van der Waals surface area contributed by atoms with Crippen LogP contribution >= 0.6 is 0 Å². The third-order valence-electron chi connectivity index (χ3n) is 4.25. The lowest BCUT2D eigenvalue weighted by Crippen LogP contribution is -2.54. The fraction of sp³-hybridized carbons (Fsp3) is 0.929. The number of morpholine rings is 1. The van der Waals surface area contributed by atoms with Crippen LogP contribution in [-0.2, 0) is 9.53 Å². The summed E-state index contributed by atoms with van der Waals surface area (Å²) in [4.78, 5) is 14.0. The Hall–Kier alpha value is -0.610. The van der Waals surface area contributed by atoms with Crippen molar-refractivity contribution in [2.75, 3.05) is 19.7 Å². The average Bonchev–Trinajstić information content (AvgIpc) is 2.39. The van der Waals surface area contributed by atoms with Gasteiger partial charge in [0.2, 0.25) is 5.91 Å². The molecular formula is C14H25NO3. The van der Waals surface area contributed by atoms with Gasteiger partial charge in [-0.2, -0.15) is 0 Å². The van der Waals surface area contributed by atoms with E-state index in [1.54, 1.807) is 0 Å². The number of rotatable bonds is 3. The summed E-state index contributed by atoms with van der Waals surface area (Å²) in [5.41, 5.74) is -0.0800. The number of hydrogen-bond donors (Lipinski definition) is 1. The van der Waals surface area contributed by atoms with E-state index in [4.69, 9.17) is 4.74 Å². The van der Waals surface area contributed by atoms with Crippen molar-refractivity contribution < 1.29 is 14.6 Å². The average molecular weight is 255 g/mol. The molecule has 104 valence electrons. The summed E-state index contributed by atoms with van der Waals surface area (Å²) >= 11 is 0. The van der Waals surface area contributed by atoms with Crippen LogP contribution in [0.3, 0.4) is 0 Å². The van der Waals surface area contributed by atoms with Crippen LogP contribution in [0.5, 0.6) is 0 Å². The van der Waals surface area contributed by atoms with Gasteiger partial charge in [-0.05, 0) is 19.3 Å². The maximum Gasteiger partial charge on any atom is 0.225 e. The largest absolute Gasteiger partial charge is 0.393 e. The molecule has 1 aliphatic heterocycles. The standard InChI is InChI=1S/C14H25NO3/c1-2-12(16)10-13(17)15-8-9-18-14(11-15)6-4-3-5-7-14/h12,16H,2-11H2,1H3. The zero-order valence-corrected chi connectivity index (χ0v) is 11.4. The van der Waals surface area contributed by atoms with Gasteiger partial charge in [0.05, 0.1) is 24.7 Å². The molecule has 2 rings (SSSR count). The van der Waals surface area contributed by atoms with Crippen LogP contribution in [-0.4, -0.2) is 47.3 Å². The lowest BCUT2D eigenvalue weighted by Gasteiger charge is -2.45. The normalized spacial score (nSPS) is 25.1. The number of carbonyl (C=O) groups excluding carboxylic acids is 1. The van der Waals surface area contributed by atoms with E-state index in [1.807, 2.05) is 11.8 Å². The second-order valence-corrected chi connectivity index (χ2v) is 5.67.